The van der Waals surface area contributed by atoms with E-state index in [2.05, 4.69) is 15.4 Å². The van der Waals surface area contributed by atoms with Gasteiger partial charge in [-0.1, -0.05) is 6.92 Å². The molecule has 1 aromatic rings. The second kappa shape index (κ2) is 7.90. The maximum atomic E-state index is 12.0. The molecule has 0 spiro atoms. The number of rotatable bonds is 7. The van der Waals surface area contributed by atoms with Crippen LogP contribution in [0.15, 0.2) is 29.2 Å². The molecule has 0 aromatic heterocycles. The minimum absolute atomic E-state index is 0.00561. The fourth-order valence-electron chi connectivity index (χ4n) is 1.59. The van der Waals surface area contributed by atoms with E-state index in [0.29, 0.717) is 5.69 Å². The molecule has 0 saturated heterocycles. The van der Waals surface area contributed by atoms with Crippen LogP contribution < -0.4 is 15.4 Å². The van der Waals surface area contributed by atoms with Crippen molar-refractivity contribution >= 4 is 27.5 Å². The van der Waals surface area contributed by atoms with E-state index in [-0.39, 0.29) is 29.3 Å². The molecule has 1 rings (SSSR count). The molecule has 0 aliphatic heterocycles. The fourth-order valence-corrected chi connectivity index (χ4v) is 2.57. The first-order valence-corrected chi connectivity index (χ1v) is 8.39. The number of amides is 2. The standard InChI is InChI=1S/C14H21N3O4S/c1-4-10(2)16-14(19)9-15-22(20,21)13-7-5-12(6-8-13)17-11(3)18/h5-8,10,15H,4,9H2,1-3H3,(H,16,19)(H,17,18). The van der Waals surface area contributed by atoms with Crippen LogP contribution in [0.3, 0.4) is 0 Å². The van der Waals surface area contributed by atoms with Crippen molar-refractivity contribution in [3.05, 3.63) is 24.3 Å². The Morgan fingerprint density at radius 2 is 1.77 bits per heavy atom. The molecule has 1 aromatic carbocycles. The Morgan fingerprint density at radius 3 is 2.27 bits per heavy atom. The lowest BCUT2D eigenvalue weighted by Gasteiger charge is -2.12. The van der Waals surface area contributed by atoms with Gasteiger partial charge < -0.3 is 10.6 Å². The molecule has 0 radical (unpaired) electrons. The molecule has 22 heavy (non-hydrogen) atoms. The molecule has 0 aliphatic carbocycles. The highest BCUT2D eigenvalue weighted by molar-refractivity contribution is 7.89. The van der Waals surface area contributed by atoms with Crippen molar-refractivity contribution in [1.82, 2.24) is 10.0 Å². The van der Waals surface area contributed by atoms with E-state index in [1.807, 2.05) is 13.8 Å². The summed E-state index contributed by atoms with van der Waals surface area (Å²) in [6, 6.07) is 5.68. The molecule has 2 amide bonds. The number of anilines is 1. The van der Waals surface area contributed by atoms with Gasteiger partial charge in [-0.25, -0.2) is 13.1 Å². The third kappa shape index (κ3) is 5.82. The van der Waals surface area contributed by atoms with Gasteiger partial charge in [-0.3, -0.25) is 9.59 Å². The maximum absolute atomic E-state index is 12.0. The zero-order valence-electron chi connectivity index (χ0n) is 12.8. The van der Waals surface area contributed by atoms with Crippen molar-refractivity contribution in [3.8, 4) is 0 Å². The predicted octanol–water partition coefficient (Wildman–Crippen LogP) is 0.838. The number of hydrogen-bond acceptors (Lipinski definition) is 4. The van der Waals surface area contributed by atoms with Gasteiger partial charge >= 0.3 is 0 Å². The topological polar surface area (TPSA) is 104 Å². The number of hydrogen-bond donors (Lipinski definition) is 3. The molecule has 1 unspecified atom stereocenters. The molecule has 122 valence electrons. The number of carbonyl (C=O) groups excluding carboxylic acids is 2. The lowest BCUT2D eigenvalue weighted by atomic mass is 10.2. The molecule has 0 aliphatic rings. The first-order valence-electron chi connectivity index (χ1n) is 6.91. The van der Waals surface area contributed by atoms with Crippen LogP contribution in [0.5, 0.6) is 0 Å². The van der Waals surface area contributed by atoms with Gasteiger partial charge in [0.25, 0.3) is 0 Å². The number of sulfonamides is 1. The van der Waals surface area contributed by atoms with Crippen LogP contribution in [-0.4, -0.2) is 32.8 Å². The van der Waals surface area contributed by atoms with E-state index in [1.54, 1.807) is 0 Å². The highest BCUT2D eigenvalue weighted by Gasteiger charge is 2.16. The summed E-state index contributed by atoms with van der Waals surface area (Å²) in [6.07, 6.45) is 0.767. The lowest BCUT2D eigenvalue weighted by molar-refractivity contribution is -0.120. The summed E-state index contributed by atoms with van der Waals surface area (Å²) in [5, 5.41) is 5.21. The molecule has 0 heterocycles. The Morgan fingerprint density at radius 1 is 1.18 bits per heavy atom. The Balaban J connectivity index is 2.66. The molecule has 7 nitrogen and oxygen atoms in total. The summed E-state index contributed by atoms with van der Waals surface area (Å²) in [6.45, 7) is 4.81. The SMILES string of the molecule is CCC(C)NC(=O)CNS(=O)(=O)c1ccc(NC(C)=O)cc1. The highest BCUT2D eigenvalue weighted by Crippen LogP contribution is 2.13. The van der Waals surface area contributed by atoms with Gasteiger partial charge in [0, 0.05) is 18.7 Å². The minimum atomic E-state index is -3.77. The third-order valence-corrected chi connectivity index (χ3v) is 4.34. The molecule has 1 atom stereocenters. The summed E-state index contributed by atoms with van der Waals surface area (Å²) in [4.78, 5) is 22.5. The van der Waals surface area contributed by atoms with Crippen LogP contribution in [0.2, 0.25) is 0 Å². The van der Waals surface area contributed by atoms with Crippen molar-refractivity contribution in [2.75, 3.05) is 11.9 Å². The van der Waals surface area contributed by atoms with Gasteiger partial charge in [-0.2, -0.15) is 0 Å². The maximum Gasteiger partial charge on any atom is 0.241 e. The Kier molecular flexibility index (Phi) is 6.51. The van der Waals surface area contributed by atoms with Crippen molar-refractivity contribution < 1.29 is 18.0 Å². The normalized spacial score (nSPS) is 12.5. The van der Waals surface area contributed by atoms with Crippen LogP contribution in [0.4, 0.5) is 5.69 Å². The second-order valence-electron chi connectivity index (χ2n) is 4.91. The van der Waals surface area contributed by atoms with Crippen LogP contribution in [0.25, 0.3) is 0 Å². The summed E-state index contributed by atoms with van der Waals surface area (Å²) < 4.78 is 26.3. The van der Waals surface area contributed by atoms with Crippen LogP contribution in [0, 0.1) is 0 Å². The minimum Gasteiger partial charge on any atom is -0.353 e. The number of carbonyl (C=O) groups is 2. The average molecular weight is 327 g/mol. The monoisotopic (exact) mass is 327 g/mol. The van der Waals surface area contributed by atoms with Crippen LogP contribution in [0.1, 0.15) is 27.2 Å². The molecular weight excluding hydrogens is 306 g/mol. The Bertz CT molecular complexity index is 626. The largest absolute Gasteiger partial charge is 0.353 e. The van der Waals surface area contributed by atoms with Crippen LogP contribution in [-0.2, 0) is 19.6 Å². The van der Waals surface area contributed by atoms with Crippen LogP contribution >= 0.6 is 0 Å². The van der Waals surface area contributed by atoms with E-state index in [1.165, 1.54) is 31.2 Å². The predicted molar refractivity (Wildman–Crippen MR) is 83.8 cm³/mol. The Hall–Kier alpha value is -1.93. The average Bonchev–Trinajstić information content (AvgIpc) is 2.45. The van der Waals surface area contributed by atoms with Gasteiger partial charge in [-0.15, -0.1) is 0 Å². The molecule has 3 N–H and O–H groups in total. The number of nitrogens with one attached hydrogen (secondary N) is 3. The van der Waals surface area contributed by atoms with Gasteiger partial charge in [0.15, 0.2) is 0 Å². The van der Waals surface area contributed by atoms with Gasteiger partial charge in [0.05, 0.1) is 11.4 Å². The molecule has 8 heteroatoms. The highest BCUT2D eigenvalue weighted by atomic mass is 32.2. The summed E-state index contributed by atoms with van der Waals surface area (Å²) in [5.41, 5.74) is 0.501. The molecule has 0 fully saturated rings. The van der Waals surface area contributed by atoms with E-state index < -0.39 is 10.0 Å². The van der Waals surface area contributed by atoms with Crippen molar-refractivity contribution in [2.45, 2.75) is 38.1 Å². The fraction of sp³-hybridized carbons (Fsp3) is 0.429. The third-order valence-electron chi connectivity index (χ3n) is 2.93. The summed E-state index contributed by atoms with van der Waals surface area (Å²) >= 11 is 0. The first kappa shape index (κ1) is 18.1. The summed E-state index contributed by atoms with van der Waals surface area (Å²) in [5.74, 6) is -0.622. The van der Waals surface area contributed by atoms with Crippen molar-refractivity contribution in [1.29, 1.82) is 0 Å². The van der Waals surface area contributed by atoms with Gasteiger partial charge in [-0.05, 0) is 37.6 Å². The lowest BCUT2D eigenvalue weighted by Crippen LogP contribution is -2.40. The number of benzene rings is 1. The van der Waals surface area contributed by atoms with E-state index in [9.17, 15) is 18.0 Å². The second-order valence-corrected chi connectivity index (χ2v) is 6.67. The smallest absolute Gasteiger partial charge is 0.241 e. The molecular formula is C14H21N3O4S. The summed E-state index contributed by atoms with van der Waals surface area (Å²) in [7, 11) is -3.77. The first-order chi connectivity index (χ1) is 10.2. The zero-order chi connectivity index (χ0) is 16.8. The molecule has 0 saturated carbocycles. The van der Waals surface area contributed by atoms with Crippen molar-refractivity contribution in [3.63, 3.8) is 0 Å². The van der Waals surface area contributed by atoms with E-state index in [4.69, 9.17) is 0 Å². The van der Waals surface area contributed by atoms with Crippen molar-refractivity contribution in [2.24, 2.45) is 0 Å². The zero-order valence-corrected chi connectivity index (χ0v) is 13.7. The molecule has 0 bridgehead atoms. The van der Waals surface area contributed by atoms with E-state index >= 15 is 0 Å². The van der Waals surface area contributed by atoms with Gasteiger partial charge in [0.2, 0.25) is 21.8 Å². The van der Waals surface area contributed by atoms with Gasteiger partial charge in [0.1, 0.15) is 0 Å². The van der Waals surface area contributed by atoms with E-state index in [0.717, 1.165) is 6.42 Å². The quantitative estimate of drug-likeness (QED) is 0.690. The Labute approximate surface area is 130 Å².